The summed E-state index contributed by atoms with van der Waals surface area (Å²) in [5.41, 5.74) is 2.63. The highest BCUT2D eigenvalue weighted by atomic mass is 32.2. The molecule has 0 aliphatic carbocycles. The standard InChI is InChI=1S/C21H27N3O4S/c1-3-28-20-10-8-19(9-11-20)22-21(25)16-24-13-5-12-23(29(24,26)27)15-18-7-4-6-17(2)14-18/h4,6-11,14H,3,5,12-13,15-16H2,1-2H3,(H,22,25). The zero-order valence-corrected chi connectivity index (χ0v) is 17.6. The lowest BCUT2D eigenvalue weighted by molar-refractivity contribution is -0.116. The number of anilines is 1. The summed E-state index contributed by atoms with van der Waals surface area (Å²) in [7, 11) is -3.69. The van der Waals surface area contributed by atoms with Crippen LogP contribution in [0, 0.1) is 6.92 Å². The Bertz CT molecular complexity index is 945. The van der Waals surface area contributed by atoms with E-state index in [-0.39, 0.29) is 12.5 Å². The zero-order valence-electron chi connectivity index (χ0n) is 16.8. The smallest absolute Gasteiger partial charge is 0.282 e. The number of amides is 1. The van der Waals surface area contributed by atoms with Crippen molar-refractivity contribution in [2.75, 3.05) is 31.6 Å². The quantitative estimate of drug-likeness (QED) is 0.751. The molecular formula is C21H27N3O4S. The van der Waals surface area contributed by atoms with Crippen LogP contribution in [0.5, 0.6) is 5.75 Å². The van der Waals surface area contributed by atoms with E-state index in [9.17, 15) is 13.2 Å². The van der Waals surface area contributed by atoms with Crippen LogP contribution in [0.15, 0.2) is 48.5 Å². The Balaban J connectivity index is 1.62. The van der Waals surface area contributed by atoms with Crippen LogP contribution in [0.2, 0.25) is 0 Å². The van der Waals surface area contributed by atoms with Crippen molar-refractivity contribution in [1.29, 1.82) is 0 Å². The summed E-state index contributed by atoms with van der Waals surface area (Å²) in [6.45, 7) is 5.33. The average Bonchev–Trinajstić information content (AvgIpc) is 2.67. The van der Waals surface area contributed by atoms with E-state index in [2.05, 4.69) is 5.32 Å². The zero-order chi connectivity index (χ0) is 20.9. The predicted molar refractivity (Wildman–Crippen MR) is 113 cm³/mol. The largest absolute Gasteiger partial charge is 0.494 e. The van der Waals surface area contributed by atoms with Gasteiger partial charge in [0.1, 0.15) is 5.75 Å². The lowest BCUT2D eigenvalue weighted by Gasteiger charge is -2.34. The van der Waals surface area contributed by atoms with Crippen LogP contribution in [0.3, 0.4) is 0 Å². The van der Waals surface area contributed by atoms with E-state index >= 15 is 0 Å². The molecule has 0 saturated carbocycles. The van der Waals surface area contributed by atoms with Gasteiger partial charge in [0.15, 0.2) is 0 Å². The first-order valence-corrected chi connectivity index (χ1v) is 11.1. The van der Waals surface area contributed by atoms with Gasteiger partial charge in [-0.2, -0.15) is 17.0 Å². The summed E-state index contributed by atoms with van der Waals surface area (Å²) in [6, 6.07) is 14.8. The number of benzene rings is 2. The minimum absolute atomic E-state index is 0.208. The lowest BCUT2D eigenvalue weighted by atomic mass is 10.1. The lowest BCUT2D eigenvalue weighted by Crippen LogP contribution is -2.51. The first kappa shape index (κ1) is 21.3. The van der Waals surface area contributed by atoms with Gasteiger partial charge in [-0.3, -0.25) is 4.79 Å². The molecule has 0 aromatic heterocycles. The fraction of sp³-hybridized carbons (Fsp3) is 0.381. The minimum atomic E-state index is -3.69. The second-order valence-electron chi connectivity index (χ2n) is 7.02. The summed E-state index contributed by atoms with van der Waals surface area (Å²) < 4.78 is 34.0. The van der Waals surface area contributed by atoms with Crippen molar-refractivity contribution in [3.05, 3.63) is 59.7 Å². The van der Waals surface area contributed by atoms with Crippen LogP contribution in [0.4, 0.5) is 5.69 Å². The number of nitrogens with one attached hydrogen (secondary N) is 1. The Kier molecular flexibility index (Phi) is 6.89. The van der Waals surface area contributed by atoms with E-state index < -0.39 is 10.2 Å². The van der Waals surface area contributed by atoms with Crippen molar-refractivity contribution >= 4 is 21.8 Å². The van der Waals surface area contributed by atoms with Gasteiger partial charge >= 0.3 is 0 Å². The van der Waals surface area contributed by atoms with Gasteiger partial charge in [0.05, 0.1) is 13.2 Å². The molecular weight excluding hydrogens is 390 g/mol. The number of carbonyl (C=O) groups excluding carboxylic acids is 1. The van der Waals surface area contributed by atoms with Crippen LogP contribution in [-0.4, -0.2) is 49.2 Å². The Labute approximate surface area is 172 Å². The summed E-state index contributed by atoms with van der Waals surface area (Å²) in [5, 5.41) is 2.75. The maximum atomic E-state index is 13.0. The fourth-order valence-electron chi connectivity index (χ4n) is 3.31. The molecule has 0 bridgehead atoms. The van der Waals surface area contributed by atoms with Gasteiger partial charge in [0.2, 0.25) is 5.91 Å². The molecule has 1 fully saturated rings. The predicted octanol–water partition coefficient (Wildman–Crippen LogP) is 2.78. The van der Waals surface area contributed by atoms with Crippen LogP contribution < -0.4 is 10.1 Å². The van der Waals surface area contributed by atoms with E-state index in [0.717, 1.165) is 16.9 Å². The third-order valence-corrected chi connectivity index (χ3v) is 6.61. The minimum Gasteiger partial charge on any atom is -0.494 e. The van der Waals surface area contributed by atoms with Gasteiger partial charge in [-0.15, -0.1) is 0 Å². The van der Waals surface area contributed by atoms with Gasteiger partial charge in [-0.25, -0.2) is 0 Å². The van der Waals surface area contributed by atoms with E-state index in [1.165, 1.54) is 8.61 Å². The molecule has 1 aliphatic heterocycles. The molecule has 1 amide bonds. The average molecular weight is 418 g/mol. The van der Waals surface area contributed by atoms with Gasteiger partial charge in [0, 0.05) is 25.3 Å². The number of carbonyl (C=O) groups is 1. The molecule has 29 heavy (non-hydrogen) atoms. The molecule has 2 aromatic carbocycles. The molecule has 1 saturated heterocycles. The highest BCUT2D eigenvalue weighted by Gasteiger charge is 2.34. The highest BCUT2D eigenvalue weighted by Crippen LogP contribution is 2.20. The number of hydrogen-bond donors (Lipinski definition) is 1. The summed E-state index contributed by atoms with van der Waals surface area (Å²) in [4.78, 5) is 12.4. The normalized spacial score (nSPS) is 17.0. The third kappa shape index (κ3) is 5.56. The summed E-state index contributed by atoms with van der Waals surface area (Å²) >= 11 is 0. The number of ether oxygens (including phenoxy) is 1. The monoisotopic (exact) mass is 417 g/mol. The highest BCUT2D eigenvalue weighted by molar-refractivity contribution is 7.86. The maximum absolute atomic E-state index is 13.0. The third-order valence-electron chi connectivity index (χ3n) is 4.68. The molecule has 7 nitrogen and oxygen atoms in total. The molecule has 1 heterocycles. The van der Waals surface area contributed by atoms with Gasteiger partial charge in [0.25, 0.3) is 10.2 Å². The SMILES string of the molecule is CCOc1ccc(NC(=O)CN2CCCN(Cc3cccc(C)c3)S2(=O)=O)cc1. The van der Waals surface area contributed by atoms with Gasteiger partial charge in [-0.1, -0.05) is 29.8 Å². The molecule has 156 valence electrons. The topological polar surface area (TPSA) is 79.0 Å². The second kappa shape index (κ2) is 9.39. The number of nitrogens with zero attached hydrogens (tertiary/aromatic N) is 2. The number of aryl methyl sites for hydroxylation is 1. The van der Waals surface area contributed by atoms with Crippen molar-refractivity contribution < 1.29 is 17.9 Å². The molecule has 2 aromatic rings. The van der Waals surface area contributed by atoms with Crippen molar-refractivity contribution in [3.8, 4) is 5.75 Å². The van der Waals surface area contributed by atoms with E-state index in [1.807, 2.05) is 38.1 Å². The van der Waals surface area contributed by atoms with Crippen molar-refractivity contribution in [1.82, 2.24) is 8.61 Å². The fourth-order valence-corrected chi connectivity index (χ4v) is 4.95. The molecule has 3 rings (SSSR count). The molecule has 0 atom stereocenters. The molecule has 1 aliphatic rings. The van der Waals surface area contributed by atoms with E-state index in [1.54, 1.807) is 24.3 Å². The van der Waals surface area contributed by atoms with E-state index in [0.29, 0.717) is 38.3 Å². The van der Waals surface area contributed by atoms with Crippen LogP contribution in [0.1, 0.15) is 24.5 Å². The molecule has 8 heteroatoms. The summed E-state index contributed by atoms with van der Waals surface area (Å²) in [5.74, 6) is 0.353. The van der Waals surface area contributed by atoms with Crippen molar-refractivity contribution in [2.24, 2.45) is 0 Å². The Morgan fingerprint density at radius 1 is 1.10 bits per heavy atom. The number of rotatable bonds is 7. The van der Waals surface area contributed by atoms with E-state index in [4.69, 9.17) is 4.74 Å². The molecule has 0 unspecified atom stereocenters. The molecule has 0 radical (unpaired) electrons. The first-order valence-electron chi connectivity index (χ1n) is 9.72. The Hall–Kier alpha value is -2.42. The van der Waals surface area contributed by atoms with Crippen LogP contribution >= 0.6 is 0 Å². The molecule has 0 spiro atoms. The van der Waals surface area contributed by atoms with Crippen molar-refractivity contribution in [2.45, 2.75) is 26.8 Å². The first-order chi connectivity index (χ1) is 13.9. The van der Waals surface area contributed by atoms with Crippen molar-refractivity contribution in [3.63, 3.8) is 0 Å². The molecule has 1 N–H and O–H groups in total. The van der Waals surface area contributed by atoms with Crippen LogP contribution in [-0.2, 0) is 21.5 Å². The Morgan fingerprint density at radius 3 is 2.52 bits per heavy atom. The van der Waals surface area contributed by atoms with Gasteiger partial charge in [-0.05, 0) is 50.1 Å². The van der Waals surface area contributed by atoms with Gasteiger partial charge < -0.3 is 10.1 Å². The second-order valence-corrected chi connectivity index (χ2v) is 8.95. The summed E-state index contributed by atoms with van der Waals surface area (Å²) in [6.07, 6.45) is 0.682. The van der Waals surface area contributed by atoms with Crippen LogP contribution in [0.25, 0.3) is 0 Å². The number of hydrogen-bond acceptors (Lipinski definition) is 4. The maximum Gasteiger partial charge on any atom is 0.282 e. The Morgan fingerprint density at radius 2 is 1.83 bits per heavy atom.